The molecule has 1 saturated carbocycles. The molecule has 0 aromatic carbocycles. The van der Waals surface area contributed by atoms with E-state index in [0.29, 0.717) is 5.54 Å². The third-order valence-corrected chi connectivity index (χ3v) is 4.73. The summed E-state index contributed by atoms with van der Waals surface area (Å²) in [6, 6.07) is 0. The van der Waals surface area contributed by atoms with Crippen molar-refractivity contribution in [1.82, 2.24) is 0 Å². The van der Waals surface area contributed by atoms with Gasteiger partial charge in [0.2, 0.25) is 0 Å². The Morgan fingerprint density at radius 1 is 1.00 bits per heavy atom. The standard InChI is InChI=1S/C13H24N/c1-3-13(9-5-4-6-10-13)14(2)11-7-8-12-14/h3H,1,4-12H2,2H3/q+1. The SMILES string of the molecule is C=CC1([N+]2(C)CCCC2)CCCCC1. The van der Waals surface area contributed by atoms with Crippen LogP contribution in [-0.4, -0.2) is 30.2 Å². The summed E-state index contributed by atoms with van der Waals surface area (Å²) < 4.78 is 1.29. The Kier molecular flexibility index (Phi) is 2.70. The average molecular weight is 194 g/mol. The molecule has 1 nitrogen and oxygen atoms in total. The summed E-state index contributed by atoms with van der Waals surface area (Å²) in [4.78, 5) is 0. The topological polar surface area (TPSA) is 0 Å². The summed E-state index contributed by atoms with van der Waals surface area (Å²) in [7, 11) is 2.46. The van der Waals surface area contributed by atoms with E-state index >= 15 is 0 Å². The summed E-state index contributed by atoms with van der Waals surface area (Å²) >= 11 is 0. The Morgan fingerprint density at radius 3 is 2.07 bits per heavy atom. The summed E-state index contributed by atoms with van der Waals surface area (Å²) in [5, 5.41) is 0. The first-order valence-corrected chi connectivity index (χ1v) is 6.21. The molecule has 1 aliphatic heterocycles. The molecule has 0 spiro atoms. The molecule has 1 aliphatic carbocycles. The van der Waals surface area contributed by atoms with Gasteiger partial charge < -0.3 is 4.48 Å². The lowest BCUT2D eigenvalue weighted by Crippen LogP contribution is -2.60. The molecule has 2 fully saturated rings. The zero-order valence-electron chi connectivity index (χ0n) is 9.60. The Labute approximate surface area is 88.4 Å². The lowest BCUT2D eigenvalue weighted by Gasteiger charge is -2.49. The third-order valence-electron chi connectivity index (χ3n) is 4.73. The van der Waals surface area contributed by atoms with Gasteiger partial charge in [0.1, 0.15) is 5.54 Å². The molecule has 0 aromatic heterocycles. The van der Waals surface area contributed by atoms with Gasteiger partial charge in [-0.25, -0.2) is 0 Å². The van der Waals surface area contributed by atoms with Crippen LogP contribution in [-0.2, 0) is 0 Å². The number of quaternary nitrogens is 1. The van der Waals surface area contributed by atoms with Crippen molar-refractivity contribution in [2.45, 2.75) is 50.5 Å². The second-order valence-electron chi connectivity index (χ2n) is 5.42. The minimum atomic E-state index is 0.439. The monoisotopic (exact) mass is 194 g/mol. The number of likely N-dealkylation sites (N-methyl/N-ethyl adjacent to an activating group) is 1. The first-order valence-electron chi connectivity index (χ1n) is 6.21. The van der Waals surface area contributed by atoms with Crippen molar-refractivity contribution in [3.05, 3.63) is 12.7 Å². The molecule has 1 heterocycles. The highest BCUT2D eigenvalue weighted by Crippen LogP contribution is 2.41. The van der Waals surface area contributed by atoms with E-state index in [4.69, 9.17) is 0 Å². The first-order chi connectivity index (χ1) is 6.72. The van der Waals surface area contributed by atoms with Crippen molar-refractivity contribution in [1.29, 1.82) is 0 Å². The lowest BCUT2D eigenvalue weighted by atomic mass is 9.79. The first kappa shape index (κ1) is 10.2. The summed E-state index contributed by atoms with van der Waals surface area (Å²) in [6.07, 6.45) is 12.2. The molecule has 0 bridgehead atoms. The van der Waals surface area contributed by atoms with E-state index in [1.165, 1.54) is 62.5 Å². The molecular weight excluding hydrogens is 170 g/mol. The molecule has 0 atom stereocenters. The van der Waals surface area contributed by atoms with Gasteiger partial charge in [-0.2, -0.15) is 0 Å². The molecule has 0 radical (unpaired) electrons. The van der Waals surface area contributed by atoms with E-state index in [1.807, 2.05) is 0 Å². The van der Waals surface area contributed by atoms with Crippen LogP contribution in [0.1, 0.15) is 44.9 Å². The minimum Gasteiger partial charge on any atom is -0.318 e. The fourth-order valence-corrected chi connectivity index (χ4v) is 3.61. The molecule has 80 valence electrons. The van der Waals surface area contributed by atoms with Crippen LogP contribution in [0.3, 0.4) is 0 Å². The zero-order valence-corrected chi connectivity index (χ0v) is 9.60. The maximum absolute atomic E-state index is 4.13. The Balaban J connectivity index is 2.20. The van der Waals surface area contributed by atoms with Gasteiger partial charge in [-0.05, 0) is 18.9 Å². The van der Waals surface area contributed by atoms with E-state index in [0.717, 1.165) is 0 Å². The zero-order chi connectivity index (χ0) is 10.1. The highest BCUT2D eigenvalue weighted by Gasteiger charge is 2.47. The van der Waals surface area contributed by atoms with Gasteiger partial charge in [0.15, 0.2) is 0 Å². The third kappa shape index (κ3) is 1.42. The summed E-state index contributed by atoms with van der Waals surface area (Å²) in [5.41, 5.74) is 0.439. The molecule has 1 saturated heterocycles. The minimum absolute atomic E-state index is 0.439. The van der Waals surface area contributed by atoms with E-state index in [1.54, 1.807) is 0 Å². The van der Waals surface area contributed by atoms with Crippen LogP contribution in [0.25, 0.3) is 0 Å². The highest BCUT2D eigenvalue weighted by molar-refractivity contribution is 5.00. The molecule has 0 aromatic rings. The van der Waals surface area contributed by atoms with Gasteiger partial charge in [-0.3, -0.25) is 0 Å². The Bertz CT molecular complexity index is 207. The molecule has 2 rings (SSSR count). The van der Waals surface area contributed by atoms with Crippen LogP contribution >= 0.6 is 0 Å². The van der Waals surface area contributed by atoms with Gasteiger partial charge in [0, 0.05) is 25.7 Å². The molecule has 1 heteroatoms. The second-order valence-corrected chi connectivity index (χ2v) is 5.42. The van der Waals surface area contributed by atoms with Crippen LogP contribution in [0.15, 0.2) is 12.7 Å². The normalized spacial score (nSPS) is 30.1. The highest BCUT2D eigenvalue weighted by atomic mass is 15.4. The van der Waals surface area contributed by atoms with Crippen molar-refractivity contribution < 1.29 is 4.48 Å². The fraction of sp³-hybridized carbons (Fsp3) is 0.846. The molecule has 0 unspecified atom stereocenters. The van der Waals surface area contributed by atoms with E-state index in [9.17, 15) is 0 Å². The lowest BCUT2D eigenvalue weighted by molar-refractivity contribution is -0.943. The quantitative estimate of drug-likeness (QED) is 0.468. The average Bonchev–Trinajstić information content (AvgIpc) is 2.68. The van der Waals surface area contributed by atoms with Crippen LogP contribution < -0.4 is 0 Å². The fourth-order valence-electron chi connectivity index (χ4n) is 3.61. The van der Waals surface area contributed by atoms with Crippen LogP contribution in [0.4, 0.5) is 0 Å². The summed E-state index contributed by atoms with van der Waals surface area (Å²) in [6.45, 7) is 6.89. The van der Waals surface area contributed by atoms with E-state index in [2.05, 4.69) is 19.7 Å². The van der Waals surface area contributed by atoms with E-state index in [-0.39, 0.29) is 0 Å². The molecule has 0 N–H and O–H groups in total. The number of nitrogens with zero attached hydrogens (tertiary/aromatic N) is 1. The van der Waals surface area contributed by atoms with Crippen molar-refractivity contribution in [3.63, 3.8) is 0 Å². The van der Waals surface area contributed by atoms with Crippen molar-refractivity contribution in [2.75, 3.05) is 20.1 Å². The van der Waals surface area contributed by atoms with Gasteiger partial charge in [-0.15, -0.1) is 0 Å². The molecule has 14 heavy (non-hydrogen) atoms. The van der Waals surface area contributed by atoms with Gasteiger partial charge >= 0.3 is 0 Å². The number of hydrogen-bond acceptors (Lipinski definition) is 0. The second kappa shape index (κ2) is 3.69. The smallest absolute Gasteiger partial charge is 0.117 e. The molecular formula is C13H24N+. The van der Waals surface area contributed by atoms with Crippen LogP contribution in [0.5, 0.6) is 0 Å². The van der Waals surface area contributed by atoms with Crippen LogP contribution in [0, 0.1) is 0 Å². The van der Waals surface area contributed by atoms with Crippen molar-refractivity contribution >= 4 is 0 Å². The largest absolute Gasteiger partial charge is 0.318 e. The summed E-state index contributed by atoms with van der Waals surface area (Å²) in [5.74, 6) is 0. The van der Waals surface area contributed by atoms with Crippen molar-refractivity contribution in [2.24, 2.45) is 0 Å². The molecule has 2 aliphatic rings. The number of rotatable bonds is 2. The van der Waals surface area contributed by atoms with Gasteiger partial charge in [0.05, 0.1) is 20.1 Å². The van der Waals surface area contributed by atoms with Crippen molar-refractivity contribution in [3.8, 4) is 0 Å². The number of likely N-dealkylation sites (tertiary alicyclic amines) is 1. The molecule has 0 amide bonds. The van der Waals surface area contributed by atoms with Gasteiger partial charge in [0.25, 0.3) is 0 Å². The Hall–Kier alpha value is -0.300. The van der Waals surface area contributed by atoms with Gasteiger partial charge in [-0.1, -0.05) is 13.0 Å². The number of hydrogen-bond donors (Lipinski definition) is 0. The maximum Gasteiger partial charge on any atom is 0.117 e. The van der Waals surface area contributed by atoms with Crippen LogP contribution in [0.2, 0.25) is 0 Å². The van der Waals surface area contributed by atoms with E-state index < -0.39 is 0 Å². The maximum atomic E-state index is 4.13. The predicted molar refractivity (Wildman–Crippen MR) is 61.2 cm³/mol. The predicted octanol–water partition coefficient (Wildman–Crippen LogP) is 3.12. The Morgan fingerprint density at radius 2 is 1.57 bits per heavy atom.